The van der Waals surface area contributed by atoms with Gasteiger partial charge in [-0.05, 0) is 22.8 Å². The van der Waals surface area contributed by atoms with Gasteiger partial charge in [0.25, 0.3) is 0 Å². The molecule has 1 atom stereocenters. The van der Waals surface area contributed by atoms with Gasteiger partial charge in [-0.15, -0.1) is 0 Å². The van der Waals surface area contributed by atoms with E-state index in [9.17, 15) is 14.7 Å². The number of carbonyl (C=O) groups is 2. The van der Waals surface area contributed by atoms with Gasteiger partial charge >= 0.3 is 5.97 Å². The van der Waals surface area contributed by atoms with Crippen molar-refractivity contribution >= 4 is 22.5 Å². The number of rotatable bonds is 4. The lowest BCUT2D eigenvalue weighted by Gasteiger charge is -2.27. The second-order valence-corrected chi connectivity index (χ2v) is 5.22. The Kier molecular flexibility index (Phi) is 3.59. The number of hydrogen-bond donors (Lipinski definition) is 2. The van der Waals surface area contributed by atoms with Crippen LogP contribution in [0.15, 0.2) is 42.5 Å². The number of carbonyl (C=O) groups excluding carboxylic acids is 1. The summed E-state index contributed by atoms with van der Waals surface area (Å²) < 4.78 is 0. The highest BCUT2D eigenvalue weighted by atomic mass is 16.4. The van der Waals surface area contributed by atoms with E-state index in [2.05, 4.69) is 0 Å². The molecule has 1 unspecified atom stereocenters. The summed E-state index contributed by atoms with van der Waals surface area (Å²) >= 11 is 0. The molecule has 0 saturated heterocycles. The first-order valence-corrected chi connectivity index (χ1v) is 6.43. The van der Waals surface area contributed by atoms with Gasteiger partial charge in [0.1, 0.15) is 0 Å². The van der Waals surface area contributed by atoms with Crippen molar-refractivity contribution in [2.45, 2.75) is 19.4 Å². The Balaban J connectivity index is 2.52. The van der Waals surface area contributed by atoms with Crippen molar-refractivity contribution in [1.82, 2.24) is 0 Å². The summed E-state index contributed by atoms with van der Waals surface area (Å²) in [6.45, 7) is 3.26. The maximum absolute atomic E-state index is 12.5. The fraction of sp³-hybridized carbons (Fsp3) is 0.250. The van der Waals surface area contributed by atoms with E-state index in [1.165, 1.54) is 0 Å². The second-order valence-electron chi connectivity index (χ2n) is 5.22. The van der Waals surface area contributed by atoms with Crippen molar-refractivity contribution in [2.24, 2.45) is 11.7 Å². The lowest BCUT2D eigenvalue weighted by molar-refractivity contribution is -0.142. The van der Waals surface area contributed by atoms with Crippen LogP contribution in [-0.4, -0.2) is 22.4 Å². The molecule has 20 heavy (non-hydrogen) atoms. The second kappa shape index (κ2) is 5.06. The first kappa shape index (κ1) is 14.2. The van der Waals surface area contributed by atoms with Gasteiger partial charge in [-0.25, -0.2) is 4.79 Å². The first-order chi connectivity index (χ1) is 9.37. The number of fused-ring (bicyclic) bond motifs is 1. The van der Waals surface area contributed by atoms with E-state index in [0.717, 1.165) is 10.8 Å². The molecule has 3 N–H and O–H groups in total. The minimum atomic E-state index is -1.90. The van der Waals surface area contributed by atoms with Crippen LogP contribution < -0.4 is 5.73 Å². The highest BCUT2D eigenvalue weighted by Gasteiger charge is 2.45. The zero-order valence-electron chi connectivity index (χ0n) is 11.5. The quantitative estimate of drug-likeness (QED) is 0.661. The van der Waals surface area contributed by atoms with Crippen molar-refractivity contribution in [3.05, 3.63) is 48.0 Å². The third-order valence-electron chi connectivity index (χ3n) is 3.65. The van der Waals surface area contributed by atoms with Gasteiger partial charge in [-0.1, -0.05) is 50.2 Å². The maximum atomic E-state index is 12.5. The molecule has 0 aliphatic carbocycles. The minimum Gasteiger partial charge on any atom is -0.480 e. The lowest BCUT2D eigenvalue weighted by Crippen LogP contribution is -2.58. The molecule has 0 radical (unpaired) electrons. The topological polar surface area (TPSA) is 80.4 Å². The molecule has 2 aromatic rings. The minimum absolute atomic E-state index is 0.322. The number of Topliss-reactive ketones (excluding diaryl/α,β-unsaturated/α-hetero) is 1. The molecule has 0 aliphatic heterocycles. The van der Waals surface area contributed by atoms with Crippen molar-refractivity contribution in [3.8, 4) is 0 Å². The highest BCUT2D eigenvalue weighted by molar-refractivity contribution is 6.17. The average Bonchev–Trinajstić information content (AvgIpc) is 2.44. The summed E-state index contributed by atoms with van der Waals surface area (Å²) in [7, 11) is 0. The van der Waals surface area contributed by atoms with E-state index in [1.54, 1.807) is 32.0 Å². The predicted molar refractivity (Wildman–Crippen MR) is 77.7 cm³/mol. The number of carboxylic acids is 1. The Labute approximate surface area is 117 Å². The van der Waals surface area contributed by atoms with Crippen molar-refractivity contribution < 1.29 is 14.7 Å². The van der Waals surface area contributed by atoms with Crippen LogP contribution in [0.4, 0.5) is 0 Å². The molecule has 2 rings (SSSR count). The summed E-state index contributed by atoms with van der Waals surface area (Å²) in [6, 6.07) is 12.7. The molecule has 0 fully saturated rings. The Hall–Kier alpha value is -2.20. The van der Waals surface area contributed by atoms with E-state index in [1.807, 2.05) is 24.3 Å². The van der Waals surface area contributed by atoms with Crippen molar-refractivity contribution in [2.75, 3.05) is 0 Å². The molecule has 0 aromatic heterocycles. The molecule has 4 nitrogen and oxygen atoms in total. The highest BCUT2D eigenvalue weighted by Crippen LogP contribution is 2.23. The summed E-state index contributed by atoms with van der Waals surface area (Å²) in [5, 5.41) is 11.2. The SMILES string of the molecule is CC(C)C(N)(C(=O)O)C(=O)c1ccc2ccccc2c1. The van der Waals surface area contributed by atoms with Crippen LogP contribution in [-0.2, 0) is 4.79 Å². The Morgan fingerprint density at radius 1 is 1.10 bits per heavy atom. The predicted octanol–water partition coefficient (Wildman–Crippen LogP) is 2.46. The van der Waals surface area contributed by atoms with Crippen LogP contribution in [0.5, 0.6) is 0 Å². The third-order valence-corrected chi connectivity index (χ3v) is 3.65. The van der Waals surface area contributed by atoms with Crippen molar-refractivity contribution in [3.63, 3.8) is 0 Å². The smallest absolute Gasteiger partial charge is 0.332 e. The summed E-state index contributed by atoms with van der Waals surface area (Å²) in [4.78, 5) is 23.9. The molecule has 4 heteroatoms. The zero-order chi connectivity index (χ0) is 14.9. The fourth-order valence-corrected chi connectivity index (χ4v) is 2.18. The number of benzene rings is 2. The average molecular weight is 271 g/mol. The number of ketones is 1. The van der Waals surface area contributed by atoms with E-state index in [0.29, 0.717) is 5.56 Å². The largest absolute Gasteiger partial charge is 0.480 e. The fourth-order valence-electron chi connectivity index (χ4n) is 2.18. The molecule has 0 amide bonds. The molecule has 0 saturated carbocycles. The molecular weight excluding hydrogens is 254 g/mol. The zero-order valence-corrected chi connectivity index (χ0v) is 11.5. The van der Waals surface area contributed by atoms with E-state index in [-0.39, 0.29) is 0 Å². The van der Waals surface area contributed by atoms with Crippen LogP contribution in [0.1, 0.15) is 24.2 Å². The van der Waals surface area contributed by atoms with Gasteiger partial charge in [0.2, 0.25) is 0 Å². The number of carboxylic acid groups (broad SMARTS) is 1. The summed E-state index contributed by atoms with van der Waals surface area (Å²) in [6.07, 6.45) is 0. The maximum Gasteiger partial charge on any atom is 0.332 e. The first-order valence-electron chi connectivity index (χ1n) is 6.43. The molecule has 0 bridgehead atoms. The van der Waals surface area contributed by atoms with Crippen LogP contribution in [0, 0.1) is 5.92 Å². The lowest BCUT2D eigenvalue weighted by atomic mass is 9.80. The molecule has 104 valence electrons. The molecule has 0 aliphatic rings. The summed E-state index contributed by atoms with van der Waals surface area (Å²) in [5.74, 6) is -2.37. The van der Waals surface area contributed by atoms with Crippen LogP contribution in [0.2, 0.25) is 0 Å². The van der Waals surface area contributed by atoms with Gasteiger partial charge in [-0.3, -0.25) is 4.79 Å². The Morgan fingerprint density at radius 3 is 2.25 bits per heavy atom. The van der Waals surface area contributed by atoms with Gasteiger partial charge < -0.3 is 10.8 Å². The normalized spacial score (nSPS) is 14.2. The van der Waals surface area contributed by atoms with E-state index < -0.39 is 23.2 Å². The van der Waals surface area contributed by atoms with Gasteiger partial charge in [0.15, 0.2) is 11.3 Å². The Bertz CT molecular complexity index is 678. The molecule has 0 spiro atoms. The Morgan fingerprint density at radius 2 is 1.70 bits per heavy atom. The van der Waals surface area contributed by atoms with Crippen LogP contribution >= 0.6 is 0 Å². The molecular formula is C16H17NO3. The standard InChI is InChI=1S/C16H17NO3/c1-10(2)16(17,15(19)20)14(18)13-8-7-11-5-3-4-6-12(11)9-13/h3-10H,17H2,1-2H3,(H,19,20). The van der Waals surface area contributed by atoms with Gasteiger partial charge in [0.05, 0.1) is 0 Å². The number of aliphatic carboxylic acids is 1. The number of nitrogens with two attached hydrogens (primary N) is 1. The van der Waals surface area contributed by atoms with Crippen LogP contribution in [0.3, 0.4) is 0 Å². The van der Waals surface area contributed by atoms with E-state index in [4.69, 9.17) is 5.73 Å². The van der Waals surface area contributed by atoms with Gasteiger partial charge in [0, 0.05) is 5.56 Å². The van der Waals surface area contributed by atoms with Gasteiger partial charge in [-0.2, -0.15) is 0 Å². The number of hydrogen-bond acceptors (Lipinski definition) is 3. The molecule has 2 aromatic carbocycles. The monoisotopic (exact) mass is 271 g/mol. The third kappa shape index (κ3) is 2.18. The molecule has 0 heterocycles. The van der Waals surface area contributed by atoms with Crippen LogP contribution in [0.25, 0.3) is 10.8 Å². The summed E-state index contributed by atoms with van der Waals surface area (Å²) in [5.41, 5.74) is 4.28. The van der Waals surface area contributed by atoms with Crippen molar-refractivity contribution in [1.29, 1.82) is 0 Å². The van der Waals surface area contributed by atoms with E-state index >= 15 is 0 Å².